The molecule has 0 spiro atoms. The number of carbonyl (C=O) groups excluding carboxylic acids is 1. The minimum absolute atomic E-state index is 0.0339. The van der Waals surface area contributed by atoms with Crippen LogP contribution in [0.4, 0.5) is 0 Å². The van der Waals surface area contributed by atoms with Gasteiger partial charge in [0.15, 0.2) is 0 Å². The van der Waals surface area contributed by atoms with Crippen LogP contribution in [0.25, 0.3) is 10.6 Å². The van der Waals surface area contributed by atoms with Crippen LogP contribution in [0.1, 0.15) is 33.2 Å². The molecule has 4 nitrogen and oxygen atoms in total. The van der Waals surface area contributed by atoms with Gasteiger partial charge in [0.25, 0.3) is 0 Å². The van der Waals surface area contributed by atoms with Crippen molar-refractivity contribution in [2.45, 2.75) is 26.3 Å². The summed E-state index contributed by atoms with van der Waals surface area (Å²) < 4.78 is 6.02. The van der Waals surface area contributed by atoms with E-state index in [9.17, 15) is 4.79 Å². The molecule has 0 atom stereocenters. The first-order chi connectivity index (χ1) is 15.1. The van der Waals surface area contributed by atoms with E-state index in [2.05, 4.69) is 24.4 Å². The Morgan fingerprint density at radius 2 is 1.55 bits per heavy atom. The number of nitrogens with one attached hydrogen (secondary N) is 1. The van der Waals surface area contributed by atoms with Crippen molar-refractivity contribution >= 4 is 17.2 Å². The number of rotatable bonds is 4. The molecule has 0 radical (unpaired) electrons. The minimum Gasteiger partial charge on any atom is -0.457 e. The summed E-state index contributed by atoms with van der Waals surface area (Å²) in [5.74, 6) is 1.04. The van der Waals surface area contributed by atoms with Crippen molar-refractivity contribution in [1.82, 2.24) is 10.3 Å². The van der Waals surface area contributed by atoms with Crippen LogP contribution >= 0.6 is 11.3 Å². The van der Waals surface area contributed by atoms with Crippen molar-refractivity contribution in [3.63, 3.8) is 0 Å². The van der Waals surface area contributed by atoms with E-state index in [0.717, 1.165) is 43.8 Å². The number of hydrogen-bond donors (Lipinski definition) is 1. The summed E-state index contributed by atoms with van der Waals surface area (Å²) in [6, 6.07) is 23.7. The van der Waals surface area contributed by atoms with Crippen LogP contribution < -0.4 is 10.1 Å². The number of thiazole rings is 1. The van der Waals surface area contributed by atoms with Crippen LogP contribution in [-0.2, 0) is 11.3 Å². The third-order valence-corrected chi connectivity index (χ3v) is 6.82. The van der Waals surface area contributed by atoms with E-state index in [1.165, 1.54) is 5.56 Å². The topological polar surface area (TPSA) is 51.2 Å². The normalized spacial score (nSPS) is 12.6. The maximum absolute atomic E-state index is 13.4. The van der Waals surface area contributed by atoms with Crippen LogP contribution in [0.2, 0.25) is 0 Å². The molecule has 154 valence electrons. The van der Waals surface area contributed by atoms with Crippen molar-refractivity contribution in [3.8, 4) is 22.1 Å². The van der Waals surface area contributed by atoms with Gasteiger partial charge in [-0.05, 0) is 31.5 Å². The Labute approximate surface area is 185 Å². The Morgan fingerprint density at radius 1 is 0.935 bits per heavy atom. The van der Waals surface area contributed by atoms with E-state index in [0.29, 0.717) is 6.54 Å². The molecule has 3 aromatic carbocycles. The lowest BCUT2D eigenvalue weighted by atomic mass is 9.87. The first-order valence-corrected chi connectivity index (χ1v) is 11.1. The van der Waals surface area contributed by atoms with Gasteiger partial charge in [0.1, 0.15) is 16.5 Å². The molecule has 1 aliphatic heterocycles. The fourth-order valence-corrected chi connectivity index (χ4v) is 5.07. The number of para-hydroxylation sites is 2. The molecule has 4 aromatic rings. The molecule has 0 unspecified atom stereocenters. The van der Waals surface area contributed by atoms with Crippen molar-refractivity contribution in [2.24, 2.45) is 0 Å². The molecule has 0 bridgehead atoms. The monoisotopic (exact) mass is 426 g/mol. The van der Waals surface area contributed by atoms with Crippen LogP contribution in [0.15, 0.2) is 72.8 Å². The van der Waals surface area contributed by atoms with Crippen LogP contribution in [-0.4, -0.2) is 10.9 Å². The summed E-state index contributed by atoms with van der Waals surface area (Å²) >= 11 is 1.64. The molecule has 1 aromatic heterocycles. The average molecular weight is 427 g/mol. The Balaban J connectivity index is 1.41. The van der Waals surface area contributed by atoms with Crippen molar-refractivity contribution < 1.29 is 9.53 Å². The Bertz CT molecular complexity index is 1230. The zero-order valence-corrected chi connectivity index (χ0v) is 18.2. The summed E-state index contributed by atoms with van der Waals surface area (Å²) in [7, 11) is 0. The molecular formula is C26H22N2O2S. The average Bonchev–Trinajstić information content (AvgIpc) is 3.16. The number of benzene rings is 3. The zero-order chi connectivity index (χ0) is 21.4. The Kier molecular flexibility index (Phi) is 5.04. The second kappa shape index (κ2) is 8.00. The highest BCUT2D eigenvalue weighted by Crippen LogP contribution is 2.44. The van der Waals surface area contributed by atoms with E-state index in [1.54, 1.807) is 11.3 Å². The standard InChI is InChI=1S/C26H22N2O2S/c1-16-9-3-4-10-18(16)26-28-17(2)23(31-26)15-27-25(29)24-19-11-5-7-13-21(19)30-22-14-8-6-12-20(22)24/h3-14,24H,15H2,1-2H3,(H,27,29). The second-order valence-electron chi connectivity index (χ2n) is 7.67. The zero-order valence-electron chi connectivity index (χ0n) is 17.4. The highest BCUT2D eigenvalue weighted by Gasteiger charge is 2.32. The molecular weight excluding hydrogens is 404 g/mol. The fraction of sp³-hybridized carbons (Fsp3) is 0.154. The number of carbonyl (C=O) groups is 1. The third-order valence-electron chi connectivity index (χ3n) is 5.63. The number of fused-ring (bicyclic) bond motifs is 2. The lowest BCUT2D eigenvalue weighted by Gasteiger charge is -2.27. The lowest BCUT2D eigenvalue weighted by Crippen LogP contribution is -2.31. The van der Waals surface area contributed by atoms with Gasteiger partial charge in [0.05, 0.1) is 18.2 Å². The molecule has 1 N–H and O–H groups in total. The summed E-state index contributed by atoms with van der Waals surface area (Å²) in [5.41, 5.74) is 5.07. The predicted octanol–water partition coefficient (Wildman–Crippen LogP) is 5.98. The largest absolute Gasteiger partial charge is 0.457 e. The molecule has 2 heterocycles. The van der Waals surface area contributed by atoms with Gasteiger partial charge in [-0.15, -0.1) is 11.3 Å². The van der Waals surface area contributed by atoms with Crippen molar-refractivity contribution in [2.75, 3.05) is 0 Å². The second-order valence-corrected chi connectivity index (χ2v) is 8.75. The molecule has 31 heavy (non-hydrogen) atoms. The first-order valence-electron chi connectivity index (χ1n) is 10.3. The Morgan fingerprint density at radius 3 is 2.23 bits per heavy atom. The predicted molar refractivity (Wildman–Crippen MR) is 124 cm³/mol. The molecule has 5 rings (SSSR count). The van der Waals surface area contributed by atoms with Crippen LogP contribution in [0, 0.1) is 13.8 Å². The lowest BCUT2D eigenvalue weighted by molar-refractivity contribution is -0.122. The molecule has 0 saturated carbocycles. The quantitative estimate of drug-likeness (QED) is 0.437. The van der Waals surface area contributed by atoms with Gasteiger partial charge in [0.2, 0.25) is 5.91 Å². The highest BCUT2D eigenvalue weighted by molar-refractivity contribution is 7.15. The highest BCUT2D eigenvalue weighted by atomic mass is 32.1. The molecule has 0 saturated heterocycles. The van der Waals surface area contributed by atoms with Crippen LogP contribution in [0.5, 0.6) is 11.5 Å². The fourth-order valence-electron chi connectivity index (χ4n) is 3.98. The summed E-state index contributed by atoms with van der Waals surface area (Å²) in [6.45, 7) is 4.54. The summed E-state index contributed by atoms with van der Waals surface area (Å²) in [5, 5.41) is 4.13. The van der Waals surface area contributed by atoms with Crippen LogP contribution in [0.3, 0.4) is 0 Å². The van der Waals surface area contributed by atoms with Gasteiger partial charge in [-0.2, -0.15) is 0 Å². The number of amides is 1. The van der Waals surface area contributed by atoms with Gasteiger partial charge >= 0.3 is 0 Å². The summed E-state index contributed by atoms with van der Waals surface area (Å²) in [4.78, 5) is 19.2. The maximum Gasteiger partial charge on any atom is 0.232 e. The number of hydrogen-bond acceptors (Lipinski definition) is 4. The van der Waals surface area contributed by atoms with E-state index < -0.39 is 5.92 Å². The molecule has 1 amide bonds. The number of ether oxygens (including phenoxy) is 1. The maximum atomic E-state index is 13.4. The van der Waals surface area contributed by atoms with E-state index in [1.807, 2.05) is 67.6 Å². The smallest absolute Gasteiger partial charge is 0.232 e. The molecule has 5 heteroatoms. The number of aryl methyl sites for hydroxylation is 2. The van der Waals surface area contributed by atoms with Gasteiger partial charge < -0.3 is 10.1 Å². The molecule has 0 aliphatic carbocycles. The SMILES string of the molecule is Cc1ccccc1-c1nc(C)c(CNC(=O)C2c3ccccc3Oc3ccccc32)s1. The van der Waals surface area contributed by atoms with Gasteiger partial charge in [-0.3, -0.25) is 4.79 Å². The van der Waals surface area contributed by atoms with Gasteiger partial charge in [-0.1, -0.05) is 60.7 Å². The van der Waals surface area contributed by atoms with Crippen molar-refractivity contribution in [1.29, 1.82) is 0 Å². The molecule has 0 fully saturated rings. The summed E-state index contributed by atoms with van der Waals surface area (Å²) in [6.07, 6.45) is 0. The van der Waals surface area contributed by atoms with E-state index in [-0.39, 0.29) is 5.91 Å². The number of aromatic nitrogens is 1. The van der Waals surface area contributed by atoms with Crippen molar-refractivity contribution in [3.05, 3.63) is 100 Å². The molecule has 1 aliphatic rings. The number of nitrogens with zero attached hydrogens (tertiary/aromatic N) is 1. The van der Waals surface area contributed by atoms with E-state index in [4.69, 9.17) is 9.72 Å². The first kappa shape index (κ1) is 19.5. The van der Waals surface area contributed by atoms with Gasteiger partial charge in [0, 0.05) is 21.6 Å². The third kappa shape index (κ3) is 3.62. The minimum atomic E-state index is -0.398. The van der Waals surface area contributed by atoms with Gasteiger partial charge in [-0.25, -0.2) is 4.98 Å². The Hall–Kier alpha value is -3.44. The van der Waals surface area contributed by atoms with E-state index >= 15 is 0 Å².